The third-order valence-corrected chi connectivity index (χ3v) is 2.98. The molecule has 0 unspecified atom stereocenters. The SMILES string of the molecule is CCCNCc1ccc(OC)c(OCCCCOC)c1. The van der Waals surface area contributed by atoms with Gasteiger partial charge in [-0.15, -0.1) is 0 Å². The molecule has 0 heterocycles. The molecule has 0 aliphatic carbocycles. The first-order valence-electron chi connectivity index (χ1n) is 7.31. The molecule has 0 radical (unpaired) electrons. The Balaban J connectivity index is 2.50. The summed E-state index contributed by atoms with van der Waals surface area (Å²) in [6.07, 6.45) is 3.13. The fourth-order valence-corrected chi connectivity index (χ4v) is 1.88. The van der Waals surface area contributed by atoms with E-state index in [1.54, 1.807) is 14.2 Å². The quantitative estimate of drug-likeness (QED) is 0.633. The molecule has 1 rings (SSSR count). The number of hydrogen-bond donors (Lipinski definition) is 1. The van der Waals surface area contributed by atoms with Crippen LogP contribution < -0.4 is 14.8 Å². The van der Waals surface area contributed by atoms with Gasteiger partial charge >= 0.3 is 0 Å². The first kappa shape index (κ1) is 16.8. The largest absolute Gasteiger partial charge is 0.493 e. The fourth-order valence-electron chi connectivity index (χ4n) is 1.88. The van der Waals surface area contributed by atoms with Crippen molar-refractivity contribution in [2.75, 3.05) is 34.0 Å². The lowest BCUT2D eigenvalue weighted by Crippen LogP contribution is -2.13. The van der Waals surface area contributed by atoms with Gasteiger partial charge in [0.05, 0.1) is 13.7 Å². The first-order chi connectivity index (χ1) is 9.81. The van der Waals surface area contributed by atoms with Crippen LogP contribution in [0.15, 0.2) is 18.2 Å². The molecular formula is C16H27NO3. The van der Waals surface area contributed by atoms with Gasteiger partial charge in [0.15, 0.2) is 11.5 Å². The Morgan fingerprint density at radius 3 is 2.55 bits per heavy atom. The van der Waals surface area contributed by atoms with Crippen molar-refractivity contribution in [3.8, 4) is 11.5 Å². The van der Waals surface area contributed by atoms with Crippen molar-refractivity contribution in [1.29, 1.82) is 0 Å². The molecule has 4 nitrogen and oxygen atoms in total. The lowest BCUT2D eigenvalue weighted by molar-refractivity contribution is 0.183. The molecule has 0 amide bonds. The number of ether oxygens (including phenoxy) is 3. The lowest BCUT2D eigenvalue weighted by Gasteiger charge is -2.12. The van der Waals surface area contributed by atoms with Crippen molar-refractivity contribution >= 4 is 0 Å². The van der Waals surface area contributed by atoms with Crippen LogP contribution in [0.2, 0.25) is 0 Å². The average Bonchev–Trinajstić information content (AvgIpc) is 2.47. The van der Waals surface area contributed by atoms with E-state index < -0.39 is 0 Å². The zero-order valence-electron chi connectivity index (χ0n) is 12.9. The average molecular weight is 281 g/mol. The molecule has 0 saturated carbocycles. The number of unbranched alkanes of at least 4 members (excludes halogenated alkanes) is 1. The molecule has 20 heavy (non-hydrogen) atoms. The predicted octanol–water partition coefficient (Wildman–Crippen LogP) is 3.00. The van der Waals surface area contributed by atoms with Crippen LogP contribution in [0.5, 0.6) is 11.5 Å². The van der Waals surface area contributed by atoms with E-state index in [0.29, 0.717) is 6.61 Å². The van der Waals surface area contributed by atoms with Crippen LogP contribution in [0.1, 0.15) is 31.7 Å². The van der Waals surface area contributed by atoms with Gasteiger partial charge in [-0.25, -0.2) is 0 Å². The second-order valence-electron chi connectivity index (χ2n) is 4.71. The highest BCUT2D eigenvalue weighted by molar-refractivity contribution is 5.42. The second kappa shape index (κ2) is 10.5. The highest BCUT2D eigenvalue weighted by Gasteiger charge is 2.05. The molecule has 0 fully saturated rings. The maximum absolute atomic E-state index is 5.81. The maximum atomic E-state index is 5.81. The summed E-state index contributed by atoms with van der Waals surface area (Å²) in [5.74, 6) is 1.61. The number of hydrogen-bond acceptors (Lipinski definition) is 4. The van der Waals surface area contributed by atoms with Gasteiger partial charge in [0.1, 0.15) is 0 Å². The van der Waals surface area contributed by atoms with Crippen LogP contribution in [0.3, 0.4) is 0 Å². The van der Waals surface area contributed by atoms with Gasteiger partial charge in [-0.1, -0.05) is 13.0 Å². The summed E-state index contributed by atoms with van der Waals surface area (Å²) in [7, 11) is 3.39. The number of rotatable bonds is 11. The van der Waals surface area contributed by atoms with Crippen molar-refractivity contribution in [3.63, 3.8) is 0 Å². The van der Waals surface area contributed by atoms with E-state index >= 15 is 0 Å². The molecule has 0 atom stereocenters. The standard InChI is InChI=1S/C16H27NO3/c1-4-9-17-13-14-7-8-15(19-3)16(12-14)20-11-6-5-10-18-2/h7-8,12,17H,4-6,9-11,13H2,1-3H3. The van der Waals surface area contributed by atoms with Gasteiger partial charge in [0.25, 0.3) is 0 Å². The summed E-state index contributed by atoms with van der Waals surface area (Å²) in [4.78, 5) is 0. The van der Waals surface area contributed by atoms with Crippen LogP contribution in [-0.4, -0.2) is 34.0 Å². The summed E-state index contributed by atoms with van der Waals surface area (Å²) < 4.78 is 16.2. The molecule has 0 spiro atoms. The van der Waals surface area contributed by atoms with Crippen molar-refractivity contribution < 1.29 is 14.2 Å². The van der Waals surface area contributed by atoms with Crippen LogP contribution in [0, 0.1) is 0 Å². The predicted molar refractivity (Wildman–Crippen MR) is 81.6 cm³/mol. The Hall–Kier alpha value is -1.26. The molecule has 1 N–H and O–H groups in total. The monoisotopic (exact) mass is 281 g/mol. The van der Waals surface area contributed by atoms with Crippen LogP contribution in [0.4, 0.5) is 0 Å². The molecule has 1 aromatic rings. The van der Waals surface area contributed by atoms with Gasteiger partial charge in [-0.05, 0) is 43.5 Å². The Labute approximate surface area is 122 Å². The first-order valence-corrected chi connectivity index (χ1v) is 7.31. The van der Waals surface area contributed by atoms with E-state index in [9.17, 15) is 0 Å². The third kappa shape index (κ3) is 6.26. The minimum absolute atomic E-state index is 0.686. The summed E-state index contributed by atoms with van der Waals surface area (Å²) >= 11 is 0. The summed E-state index contributed by atoms with van der Waals surface area (Å²) in [5, 5.41) is 3.39. The van der Waals surface area contributed by atoms with Crippen LogP contribution in [0.25, 0.3) is 0 Å². The highest BCUT2D eigenvalue weighted by Crippen LogP contribution is 2.28. The Morgan fingerprint density at radius 2 is 1.85 bits per heavy atom. The minimum Gasteiger partial charge on any atom is -0.493 e. The molecule has 114 valence electrons. The Morgan fingerprint density at radius 1 is 1.05 bits per heavy atom. The van der Waals surface area contributed by atoms with Gasteiger partial charge in [0.2, 0.25) is 0 Å². The van der Waals surface area contributed by atoms with Crippen molar-refractivity contribution in [1.82, 2.24) is 5.32 Å². The molecule has 0 aliphatic rings. The van der Waals surface area contributed by atoms with Gasteiger partial charge in [-0.2, -0.15) is 0 Å². The Bertz CT molecular complexity index is 369. The molecule has 0 bridgehead atoms. The van der Waals surface area contributed by atoms with Gasteiger partial charge < -0.3 is 19.5 Å². The van der Waals surface area contributed by atoms with Crippen molar-refractivity contribution in [2.45, 2.75) is 32.7 Å². The zero-order chi connectivity index (χ0) is 14.6. The number of nitrogens with one attached hydrogen (secondary N) is 1. The normalized spacial score (nSPS) is 10.6. The van der Waals surface area contributed by atoms with E-state index in [4.69, 9.17) is 14.2 Å². The summed E-state index contributed by atoms with van der Waals surface area (Å²) in [5.41, 5.74) is 1.21. The van der Waals surface area contributed by atoms with E-state index in [1.165, 1.54) is 5.56 Å². The summed E-state index contributed by atoms with van der Waals surface area (Å²) in [6.45, 7) is 5.51. The lowest BCUT2D eigenvalue weighted by atomic mass is 10.2. The van der Waals surface area contributed by atoms with E-state index in [1.807, 2.05) is 6.07 Å². The summed E-state index contributed by atoms with van der Waals surface area (Å²) in [6, 6.07) is 6.09. The topological polar surface area (TPSA) is 39.7 Å². The molecule has 0 aliphatic heterocycles. The van der Waals surface area contributed by atoms with Crippen LogP contribution in [-0.2, 0) is 11.3 Å². The Kier molecular flexibility index (Phi) is 8.83. The molecular weight excluding hydrogens is 254 g/mol. The van der Waals surface area contributed by atoms with Crippen LogP contribution >= 0.6 is 0 Å². The van der Waals surface area contributed by atoms with E-state index in [0.717, 1.165) is 50.5 Å². The smallest absolute Gasteiger partial charge is 0.161 e. The second-order valence-corrected chi connectivity index (χ2v) is 4.71. The molecule has 0 aromatic heterocycles. The zero-order valence-corrected chi connectivity index (χ0v) is 12.9. The highest BCUT2D eigenvalue weighted by atomic mass is 16.5. The third-order valence-electron chi connectivity index (χ3n) is 2.98. The number of benzene rings is 1. The minimum atomic E-state index is 0.686. The molecule has 4 heteroatoms. The van der Waals surface area contributed by atoms with E-state index in [-0.39, 0.29) is 0 Å². The fraction of sp³-hybridized carbons (Fsp3) is 0.625. The van der Waals surface area contributed by atoms with Crippen molar-refractivity contribution in [3.05, 3.63) is 23.8 Å². The molecule has 1 aromatic carbocycles. The molecule has 0 saturated heterocycles. The van der Waals surface area contributed by atoms with Crippen molar-refractivity contribution in [2.24, 2.45) is 0 Å². The van der Waals surface area contributed by atoms with Gasteiger partial charge in [0, 0.05) is 20.3 Å². The van der Waals surface area contributed by atoms with Gasteiger partial charge in [-0.3, -0.25) is 0 Å². The number of methoxy groups -OCH3 is 2. The van der Waals surface area contributed by atoms with E-state index in [2.05, 4.69) is 24.4 Å². The maximum Gasteiger partial charge on any atom is 0.161 e.